The fourth-order valence-corrected chi connectivity index (χ4v) is 2.16. The van der Waals surface area contributed by atoms with Crippen LogP contribution in [0.2, 0.25) is 0 Å². The molecule has 2 aromatic rings. The molecule has 7 heteroatoms. The van der Waals surface area contributed by atoms with Crippen LogP contribution in [0.1, 0.15) is 11.1 Å². The van der Waals surface area contributed by atoms with Crippen LogP contribution in [0.5, 0.6) is 0 Å². The van der Waals surface area contributed by atoms with E-state index in [0.717, 1.165) is 22.3 Å². The summed E-state index contributed by atoms with van der Waals surface area (Å²) in [5.74, 6) is 0. The Labute approximate surface area is 133 Å². The Morgan fingerprint density at radius 2 is 1.71 bits per heavy atom. The molecule has 0 aromatic heterocycles. The maximum Gasteiger partial charge on any atom is 0.416 e. The second kappa shape index (κ2) is 6.03. The molecule has 110 valence electrons. The van der Waals surface area contributed by atoms with Crippen LogP contribution in [0.15, 0.2) is 46.9 Å². The molecule has 0 atom stereocenters. The van der Waals surface area contributed by atoms with Crippen molar-refractivity contribution in [2.45, 2.75) is 6.18 Å². The van der Waals surface area contributed by atoms with Crippen molar-refractivity contribution in [3.05, 3.63) is 58.1 Å². The van der Waals surface area contributed by atoms with E-state index in [-0.39, 0.29) is 10.6 Å². The number of benzene rings is 2. The molecule has 0 saturated carbocycles. The summed E-state index contributed by atoms with van der Waals surface area (Å²) < 4.78 is 39.1. The van der Waals surface area contributed by atoms with Gasteiger partial charge in [-0.1, -0.05) is 28.1 Å². The lowest BCUT2D eigenvalue weighted by atomic mass is 10.1. The standard InChI is InChI=1S/C14H10BrF3N2S/c15-9-2-4-10(5-3-9)20-12-6-1-8(14(16,17)18)7-11(12)13(19)21/h1-7,20H,(H2,19,21). The van der Waals surface area contributed by atoms with Gasteiger partial charge in [0.05, 0.1) is 5.56 Å². The van der Waals surface area contributed by atoms with Gasteiger partial charge in [0.25, 0.3) is 0 Å². The van der Waals surface area contributed by atoms with Gasteiger partial charge in [-0.15, -0.1) is 0 Å². The Bertz CT molecular complexity index is 669. The molecule has 0 heterocycles. The summed E-state index contributed by atoms with van der Waals surface area (Å²) in [7, 11) is 0. The SMILES string of the molecule is NC(=S)c1cc(C(F)(F)F)ccc1Nc1ccc(Br)cc1. The van der Waals surface area contributed by atoms with Gasteiger partial charge >= 0.3 is 6.18 Å². The highest BCUT2D eigenvalue weighted by atomic mass is 79.9. The summed E-state index contributed by atoms with van der Waals surface area (Å²) in [6, 6.07) is 10.4. The summed E-state index contributed by atoms with van der Waals surface area (Å²) in [5, 5.41) is 3.00. The fourth-order valence-electron chi connectivity index (χ4n) is 1.72. The molecule has 3 N–H and O–H groups in total. The zero-order chi connectivity index (χ0) is 15.6. The van der Waals surface area contributed by atoms with Gasteiger partial charge in [-0.25, -0.2) is 0 Å². The molecule has 2 nitrogen and oxygen atoms in total. The van der Waals surface area contributed by atoms with Crippen LogP contribution in [0.3, 0.4) is 0 Å². The molecule has 0 amide bonds. The molecule has 0 saturated heterocycles. The van der Waals surface area contributed by atoms with Gasteiger partial charge in [-0.05, 0) is 42.5 Å². The van der Waals surface area contributed by atoms with E-state index in [1.807, 2.05) is 12.1 Å². The van der Waals surface area contributed by atoms with Crippen LogP contribution in [0, 0.1) is 0 Å². The van der Waals surface area contributed by atoms with E-state index in [2.05, 4.69) is 21.2 Å². The highest BCUT2D eigenvalue weighted by Gasteiger charge is 2.31. The normalized spacial score (nSPS) is 11.2. The van der Waals surface area contributed by atoms with Crippen LogP contribution in [-0.4, -0.2) is 4.99 Å². The summed E-state index contributed by atoms with van der Waals surface area (Å²) in [6.07, 6.45) is -4.43. The molecule has 0 aliphatic heterocycles. The molecular formula is C14H10BrF3N2S. The first kappa shape index (κ1) is 15.8. The van der Waals surface area contributed by atoms with Crippen molar-refractivity contribution in [2.24, 2.45) is 5.73 Å². The topological polar surface area (TPSA) is 38.0 Å². The van der Waals surface area contributed by atoms with E-state index < -0.39 is 11.7 Å². The molecule has 0 spiro atoms. The largest absolute Gasteiger partial charge is 0.416 e. The summed E-state index contributed by atoms with van der Waals surface area (Å²) >= 11 is 8.14. The lowest BCUT2D eigenvalue weighted by Crippen LogP contribution is -2.14. The number of thiocarbonyl (C=S) groups is 1. The number of nitrogens with two attached hydrogens (primary N) is 1. The second-order valence-corrected chi connectivity index (χ2v) is 5.61. The molecule has 2 rings (SSSR count). The summed E-state index contributed by atoms with van der Waals surface area (Å²) in [5.41, 5.74) is 6.04. The van der Waals surface area contributed by atoms with Crippen molar-refractivity contribution < 1.29 is 13.2 Å². The van der Waals surface area contributed by atoms with Crippen LogP contribution >= 0.6 is 28.1 Å². The third-order valence-electron chi connectivity index (χ3n) is 2.74. The van der Waals surface area contributed by atoms with E-state index >= 15 is 0 Å². The maximum atomic E-state index is 12.7. The number of hydrogen-bond acceptors (Lipinski definition) is 2. The molecule has 0 aliphatic rings. The van der Waals surface area contributed by atoms with Crippen molar-refractivity contribution >= 4 is 44.5 Å². The Balaban J connectivity index is 2.39. The van der Waals surface area contributed by atoms with Crippen molar-refractivity contribution in [3.63, 3.8) is 0 Å². The van der Waals surface area contributed by atoms with Crippen LogP contribution < -0.4 is 11.1 Å². The second-order valence-electron chi connectivity index (χ2n) is 4.25. The molecular weight excluding hydrogens is 365 g/mol. The van der Waals surface area contributed by atoms with Crippen molar-refractivity contribution in [3.8, 4) is 0 Å². The van der Waals surface area contributed by atoms with Gasteiger partial charge in [0.1, 0.15) is 4.99 Å². The smallest absolute Gasteiger partial charge is 0.389 e. The molecule has 21 heavy (non-hydrogen) atoms. The van der Waals surface area contributed by atoms with Gasteiger partial charge in [0.2, 0.25) is 0 Å². The minimum Gasteiger partial charge on any atom is -0.389 e. The monoisotopic (exact) mass is 374 g/mol. The minimum atomic E-state index is -4.43. The van der Waals surface area contributed by atoms with Crippen LogP contribution in [-0.2, 0) is 6.18 Å². The first-order valence-electron chi connectivity index (χ1n) is 5.81. The third-order valence-corrected chi connectivity index (χ3v) is 3.48. The van der Waals surface area contributed by atoms with Gasteiger partial charge < -0.3 is 11.1 Å². The minimum absolute atomic E-state index is 0.0966. The van der Waals surface area contributed by atoms with E-state index in [9.17, 15) is 13.2 Å². The van der Waals surface area contributed by atoms with E-state index in [0.29, 0.717) is 5.69 Å². The first-order valence-corrected chi connectivity index (χ1v) is 7.01. The van der Waals surface area contributed by atoms with Gasteiger partial charge in [-0.3, -0.25) is 0 Å². The van der Waals surface area contributed by atoms with E-state index in [4.69, 9.17) is 18.0 Å². The van der Waals surface area contributed by atoms with Crippen LogP contribution in [0.4, 0.5) is 24.5 Å². The Morgan fingerprint density at radius 3 is 2.24 bits per heavy atom. The Morgan fingerprint density at radius 1 is 1.10 bits per heavy atom. The molecule has 0 radical (unpaired) electrons. The van der Waals surface area contributed by atoms with Gasteiger partial charge in [0.15, 0.2) is 0 Å². The number of hydrogen-bond donors (Lipinski definition) is 2. The Hall–Kier alpha value is -1.60. The van der Waals surface area contributed by atoms with E-state index in [1.54, 1.807) is 12.1 Å². The number of anilines is 2. The first-order chi connectivity index (χ1) is 9.77. The average molecular weight is 375 g/mol. The van der Waals surface area contributed by atoms with Crippen LogP contribution in [0.25, 0.3) is 0 Å². The van der Waals surface area contributed by atoms with Crippen molar-refractivity contribution in [1.29, 1.82) is 0 Å². The average Bonchev–Trinajstić information content (AvgIpc) is 2.40. The molecule has 2 aromatic carbocycles. The van der Waals surface area contributed by atoms with E-state index in [1.165, 1.54) is 6.07 Å². The van der Waals surface area contributed by atoms with Crippen molar-refractivity contribution in [2.75, 3.05) is 5.32 Å². The molecule has 0 unspecified atom stereocenters. The predicted octanol–water partition coefficient (Wildman–Crippen LogP) is 4.85. The zero-order valence-corrected chi connectivity index (χ0v) is 12.9. The maximum absolute atomic E-state index is 12.7. The van der Waals surface area contributed by atoms with Crippen molar-refractivity contribution in [1.82, 2.24) is 0 Å². The molecule has 0 fully saturated rings. The molecule has 0 aliphatic carbocycles. The highest BCUT2D eigenvalue weighted by molar-refractivity contribution is 9.10. The highest BCUT2D eigenvalue weighted by Crippen LogP contribution is 2.32. The number of halogens is 4. The quantitative estimate of drug-likeness (QED) is 0.754. The summed E-state index contributed by atoms with van der Waals surface area (Å²) in [6.45, 7) is 0. The Kier molecular flexibility index (Phi) is 4.53. The zero-order valence-electron chi connectivity index (χ0n) is 10.5. The number of nitrogens with one attached hydrogen (secondary N) is 1. The number of alkyl halides is 3. The fraction of sp³-hybridized carbons (Fsp3) is 0.0714. The lowest BCUT2D eigenvalue weighted by Gasteiger charge is -2.14. The third kappa shape index (κ3) is 3.95. The van der Waals surface area contributed by atoms with Gasteiger partial charge in [-0.2, -0.15) is 13.2 Å². The summed E-state index contributed by atoms with van der Waals surface area (Å²) in [4.78, 5) is -0.0966. The predicted molar refractivity (Wildman–Crippen MR) is 84.8 cm³/mol. The van der Waals surface area contributed by atoms with Gasteiger partial charge in [0, 0.05) is 21.4 Å². The molecule has 0 bridgehead atoms. The number of rotatable bonds is 3. The lowest BCUT2D eigenvalue weighted by molar-refractivity contribution is -0.137.